The lowest BCUT2D eigenvalue weighted by molar-refractivity contribution is -0.139. The van der Waals surface area contributed by atoms with Gasteiger partial charge in [0.05, 0.1) is 0 Å². The Balaban J connectivity index is 2.44. The molecule has 0 aliphatic heterocycles. The van der Waals surface area contributed by atoms with E-state index in [4.69, 9.17) is 0 Å². The average Bonchev–Trinajstić information content (AvgIpc) is 2.57. The molecule has 0 aromatic heterocycles. The number of benzene rings is 2. The van der Waals surface area contributed by atoms with E-state index in [0.717, 1.165) is 4.47 Å². The van der Waals surface area contributed by atoms with Crippen LogP contribution in [0, 0.1) is 5.92 Å². The zero-order valence-corrected chi connectivity index (χ0v) is 17.3. The van der Waals surface area contributed by atoms with Crippen molar-refractivity contribution < 1.29 is 4.79 Å². The Morgan fingerprint density at radius 2 is 1.28 bits per heavy atom. The molecule has 0 saturated heterocycles. The molecule has 0 spiro atoms. The van der Waals surface area contributed by atoms with Gasteiger partial charge in [0.2, 0.25) is 5.91 Å². The van der Waals surface area contributed by atoms with Crippen molar-refractivity contribution in [2.75, 3.05) is 0 Å². The molecule has 0 fully saturated rings. The Bertz CT molecular complexity index is 671. The molecule has 2 atom stereocenters. The maximum absolute atomic E-state index is 13.3. The normalized spacial score (nSPS) is 13.8. The number of rotatable bonds is 6. The van der Waals surface area contributed by atoms with Gasteiger partial charge in [-0.2, -0.15) is 0 Å². The molecule has 0 aliphatic carbocycles. The smallest absolute Gasteiger partial charge is 0.226 e. The maximum atomic E-state index is 13.3. The van der Waals surface area contributed by atoms with Crippen molar-refractivity contribution in [2.24, 2.45) is 5.92 Å². The summed E-state index contributed by atoms with van der Waals surface area (Å²) >= 11 is 3.50. The van der Waals surface area contributed by atoms with Gasteiger partial charge in [0, 0.05) is 28.4 Å². The van der Waals surface area contributed by atoms with Crippen LogP contribution >= 0.6 is 15.9 Å². The van der Waals surface area contributed by atoms with Crippen LogP contribution in [0.5, 0.6) is 0 Å². The third-order valence-corrected chi connectivity index (χ3v) is 5.17. The van der Waals surface area contributed by atoms with Gasteiger partial charge in [-0.25, -0.2) is 0 Å². The highest BCUT2D eigenvalue weighted by Crippen LogP contribution is 2.34. The number of hydrogen-bond donors (Lipinski definition) is 0. The summed E-state index contributed by atoms with van der Waals surface area (Å²) in [5.41, 5.74) is 2.35. The summed E-state index contributed by atoms with van der Waals surface area (Å²) in [5.74, 6) is 0.122. The second-order valence-corrected chi connectivity index (χ2v) is 8.08. The van der Waals surface area contributed by atoms with Crippen molar-refractivity contribution in [1.29, 1.82) is 0 Å². The molecule has 3 heteroatoms. The highest BCUT2D eigenvalue weighted by atomic mass is 79.9. The Hall–Kier alpha value is -1.61. The van der Waals surface area contributed by atoms with Crippen molar-refractivity contribution in [3.63, 3.8) is 0 Å². The standard InChI is InChI=1S/C22H28BrNO/c1-15(2)24(16(3)4)22(25)17(5)21(18-9-7-6-8-10-18)19-11-13-20(23)14-12-19/h6-17,21H,1-5H3. The fourth-order valence-corrected chi connectivity index (χ4v) is 3.85. The van der Waals surface area contributed by atoms with Crippen molar-refractivity contribution in [2.45, 2.75) is 52.6 Å². The first-order valence-electron chi connectivity index (χ1n) is 8.95. The number of carbonyl (C=O) groups is 1. The molecule has 134 valence electrons. The molecule has 25 heavy (non-hydrogen) atoms. The Morgan fingerprint density at radius 1 is 0.800 bits per heavy atom. The molecule has 2 unspecified atom stereocenters. The van der Waals surface area contributed by atoms with E-state index in [1.165, 1.54) is 11.1 Å². The minimum Gasteiger partial charge on any atom is -0.338 e. The molecule has 2 nitrogen and oxygen atoms in total. The van der Waals surface area contributed by atoms with Gasteiger partial charge in [0.15, 0.2) is 0 Å². The molecule has 0 radical (unpaired) electrons. The maximum Gasteiger partial charge on any atom is 0.226 e. The molecule has 2 aromatic carbocycles. The van der Waals surface area contributed by atoms with E-state index < -0.39 is 0 Å². The fourth-order valence-electron chi connectivity index (χ4n) is 3.58. The molecule has 0 saturated carbocycles. The van der Waals surface area contributed by atoms with Crippen molar-refractivity contribution in [1.82, 2.24) is 4.90 Å². The molecule has 0 bridgehead atoms. The van der Waals surface area contributed by atoms with Crippen molar-refractivity contribution in [3.8, 4) is 0 Å². The van der Waals surface area contributed by atoms with Gasteiger partial charge in [0.25, 0.3) is 0 Å². The molecule has 1 amide bonds. The largest absolute Gasteiger partial charge is 0.338 e. The molecular formula is C22H28BrNO. The van der Waals surface area contributed by atoms with Crippen LogP contribution < -0.4 is 0 Å². The SMILES string of the molecule is CC(C(=O)N(C(C)C)C(C)C)C(c1ccccc1)c1ccc(Br)cc1. The average molecular weight is 402 g/mol. The Labute approximate surface area is 160 Å². The van der Waals surface area contributed by atoms with E-state index in [1.54, 1.807) is 0 Å². The quantitative estimate of drug-likeness (QED) is 0.593. The van der Waals surface area contributed by atoms with Gasteiger partial charge in [-0.1, -0.05) is 65.3 Å². The lowest BCUT2D eigenvalue weighted by Gasteiger charge is -2.36. The van der Waals surface area contributed by atoms with E-state index in [0.29, 0.717) is 0 Å². The number of hydrogen-bond acceptors (Lipinski definition) is 1. The summed E-state index contributed by atoms with van der Waals surface area (Å²) in [6, 6.07) is 19.0. The summed E-state index contributed by atoms with van der Waals surface area (Å²) in [4.78, 5) is 15.3. The van der Waals surface area contributed by atoms with Crippen LogP contribution in [0.3, 0.4) is 0 Å². The fraction of sp³-hybridized carbons (Fsp3) is 0.409. The highest BCUT2D eigenvalue weighted by Gasteiger charge is 2.32. The first-order valence-corrected chi connectivity index (χ1v) is 9.74. The molecule has 0 N–H and O–H groups in total. The van der Waals surface area contributed by atoms with E-state index >= 15 is 0 Å². The lowest BCUT2D eigenvalue weighted by atomic mass is 9.80. The Morgan fingerprint density at radius 3 is 1.76 bits per heavy atom. The van der Waals surface area contributed by atoms with Crippen molar-refractivity contribution >= 4 is 21.8 Å². The van der Waals surface area contributed by atoms with Crippen LogP contribution in [-0.4, -0.2) is 22.9 Å². The summed E-state index contributed by atoms with van der Waals surface area (Å²) in [5, 5.41) is 0. The van der Waals surface area contributed by atoms with Gasteiger partial charge < -0.3 is 4.90 Å². The van der Waals surface area contributed by atoms with Crippen LogP contribution in [0.1, 0.15) is 51.7 Å². The van der Waals surface area contributed by atoms with Gasteiger partial charge in [-0.15, -0.1) is 0 Å². The number of amides is 1. The van der Waals surface area contributed by atoms with Gasteiger partial charge in [-0.3, -0.25) is 4.79 Å². The molecule has 0 aliphatic rings. The van der Waals surface area contributed by atoms with Crippen LogP contribution in [0.4, 0.5) is 0 Å². The lowest BCUT2D eigenvalue weighted by Crippen LogP contribution is -2.46. The van der Waals surface area contributed by atoms with E-state index in [1.807, 2.05) is 35.2 Å². The second-order valence-electron chi connectivity index (χ2n) is 7.16. The minimum absolute atomic E-state index is 0.0433. The zero-order valence-electron chi connectivity index (χ0n) is 15.7. The number of halogens is 1. The van der Waals surface area contributed by atoms with Gasteiger partial charge in [-0.05, 0) is 51.0 Å². The van der Waals surface area contributed by atoms with Crippen LogP contribution in [-0.2, 0) is 4.79 Å². The van der Waals surface area contributed by atoms with Gasteiger partial charge in [0.1, 0.15) is 0 Å². The van der Waals surface area contributed by atoms with E-state index in [9.17, 15) is 4.79 Å². The molecule has 0 heterocycles. The number of carbonyl (C=O) groups excluding carboxylic acids is 1. The van der Waals surface area contributed by atoms with E-state index in [-0.39, 0.29) is 29.8 Å². The molecular weight excluding hydrogens is 374 g/mol. The monoisotopic (exact) mass is 401 g/mol. The van der Waals surface area contributed by atoms with Crippen LogP contribution in [0.15, 0.2) is 59.1 Å². The first kappa shape index (κ1) is 19.7. The summed E-state index contributed by atoms with van der Waals surface area (Å²) < 4.78 is 1.05. The van der Waals surface area contributed by atoms with Crippen LogP contribution in [0.25, 0.3) is 0 Å². The molecule has 2 rings (SSSR count). The predicted molar refractivity (Wildman–Crippen MR) is 109 cm³/mol. The summed E-state index contributed by atoms with van der Waals surface area (Å²) in [6.07, 6.45) is 0. The Kier molecular flexibility index (Phi) is 6.83. The predicted octanol–water partition coefficient (Wildman–Crippen LogP) is 5.86. The number of nitrogens with zero attached hydrogens (tertiary/aromatic N) is 1. The molecule has 2 aromatic rings. The highest BCUT2D eigenvalue weighted by molar-refractivity contribution is 9.10. The second kappa shape index (κ2) is 8.66. The van der Waals surface area contributed by atoms with Gasteiger partial charge >= 0.3 is 0 Å². The summed E-state index contributed by atoms with van der Waals surface area (Å²) in [7, 11) is 0. The minimum atomic E-state index is -0.131. The van der Waals surface area contributed by atoms with E-state index in [2.05, 4.69) is 74.8 Å². The zero-order chi connectivity index (χ0) is 18.6. The van der Waals surface area contributed by atoms with Crippen molar-refractivity contribution in [3.05, 3.63) is 70.2 Å². The third kappa shape index (κ3) is 4.72. The summed E-state index contributed by atoms with van der Waals surface area (Å²) in [6.45, 7) is 10.4. The van der Waals surface area contributed by atoms with Crippen LogP contribution in [0.2, 0.25) is 0 Å². The topological polar surface area (TPSA) is 20.3 Å². The first-order chi connectivity index (χ1) is 11.8. The third-order valence-electron chi connectivity index (χ3n) is 4.64.